The molecule has 0 radical (unpaired) electrons. The Kier molecular flexibility index (Phi) is 2.91. The zero-order valence-electron chi connectivity index (χ0n) is 9.23. The molecule has 5 heteroatoms. The number of nitrogens with one attached hydrogen (secondary N) is 1. The van der Waals surface area contributed by atoms with Gasteiger partial charge in [-0.1, -0.05) is 18.2 Å². The summed E-state index contributed by atoms with van der Waals surface area (Å²) in [6, 6.07) is 6.75. The van der Waals surface area contributed by atoms with Crippen LogP contribution >= 0.6 is 0 Å². The lowest BCUT2D eigenvalue weighted by Crippen LogP contribution is -2.41. The van der Waals surface area contributed by atoms with Crippen molar-refractivity contribution in [3.8, 4) is 0 Å². The summed E-state index contributed by atoms with van der Waals surface area (Å²) in [5.41, 5.74) is 1.01. The Hall–Kier alpha value is -2.17. The van der Waals surface area contributed by atoms with E-state index in [-0.39, 0.29) is 6.42 Å². The van der Waals surface area contributed by atoms with Gasteiger partial charge >= 0.3 is 5.97 Å². The summed E-state index contributed by atoms with van der Waals surface area (Å²) in [6.07, 6.45) is -0.0629. The first-order chi connectivity index (χ1) is 8.13. The molecule has 1 N–H and O–H groups in total. The highest BCUT2D eigenvalue weighted by Gasteiger charge is 2.33. The number of carbonyl (C=O) groups is 3. The van der Waals surface area contributed by atoms with Gasteiger partial charge in [0.2, 0.25) is 5.91 Å². The summed E-state index contributed by atoms with van der Waals surface area (Å²) >= 11 is 0. The molecule has 0 bridgehead atoms. The Labute approximate surface area is 97.8 Å². The lowest BCUT2D eigenvalue weighted by molar-refractivity contribution is -0.142. The largest absolute Gasteiger partial charge is 0.469 e. The van der Waals surface area contributed by atoms with Crippen molar-refractivity contribution in [1.82, 2.24) is 5.32 Å². The van der Waals surface area contributed by atoms with E-state index < -0.39 is 23.7 Å². The maximum atomic E-state index is 11.7. The van der Waals surface area contributed by atoms with Crippen LogP contribution in [0.4, 0.5) is 0 Å². The number of ether oxygens (including phenoxy) is 1. The molecule has 1 atom stereocenters. The van der Waals surface area contributed by atoms with Crippen LogP contribution in [0.15, 0.2) is 24.3 Å². The molecule has 17 heavy (non-hydrogen) atoms. The normalized spacial score (nSPS) is 18.3. The molecule has 0 aromatic heterocycles. The fraction of sp³-hybridized carbons (Fsp3) is 0.250. The average Bonchev–Trinajstić information content (AvgIpc) is 2.34. The van der Waals surface area contributed by atoms with E-state index in [1.807, 2.05) is 0 Å². The van der Waals surface area contributed by atoms with Crippen molar-refractivity contribution in [2.75, 3.05) is 7.11 Å². The molecule has 0 spiro atoms. The Balaban J connectivity index is 2.39. The SMILES string of the molecule is COC(=O)CC1C(=O)NC(=O)c2ccccc21. The summed E-state index contributed by atoms with van der Waals surface area (Å²) in [5, 5.41) is 2.23. The van der Waals surface area contributed by atoms with Crippen molar-refractivity contribution >= 4 is 17.8 Å². The minimum Gasteiger partial charge on any atom is -0.469 e. The number of hydrogen-bond acceptors (Lipinski definition) is 4. The standard InChI is InChI=1S/C12H11NO4/c1-17-10(14)6-9-7-4-2-3-5-8(7)11(15)13-12(9)16/h2-5,9H,6H2,1H3,(H,13,15,16). The van der Waals surface area contributed by atoms with Crippen molar-refractivity contribution in [1.29, 1.82) is 0 Å². The van der Waals surface area contributed by atoms with Crippen molar-refractivity contribution in [3.63, 3.8) is 0 Å². The zero-order valence-corrected chi connectivity index (χ0v) is 9.23. The van der Waals surface area contributed by atoms with E-state index in [1.165, 1.54) is 7.11 Å². The number of amides is 2. The van der Waals surface area contributed by atoms with Crippen molar-refractivity contribution < 1.29 is 19.1 Å². The summed E-state index contributed by atoms with van der Waals surface area (Å²) in [5.74, 6) is -2.02. The van der Waals surface area contributed by atoms with Crippen molar-refractivity contribution in [3.05, 3.63) is 35.4 Å². The molecule has 2 rings (SSSR count). The van der Waals surface area contributed by atoms with E-state index in [2.05, 4.69) is 10.1 Å². The van der Waals surface area contributed by atoms with E-state index in [0.29, 0.717) is 11.1 Å². The maximum absolute atomic E-state index is 11.7. The molecule has 0 aliphatic carbocycles. The second-order valence-electron chi connectivity index (χ2n) is 3.74. The molecule has 1 aromatic carbocycles. The van der Waals surface area contributed by atoms with Crippen LogP contribution < -0.4 is 5.32 Å². The second-order valence-corrected chi connectivity index (χ2v) is 3.74. The molecule has 0 saturated heterocycles. The summed E-state index contributed by atoms with van der Waals surface area (Å²) < 4.78 is 4.54. The highest BCUT2D eigenvalue weighted by Crippen LogP contribution is 2.27. The smallest absolute Gasteiger partial charge is 0.306 e. The number of benzene rings is 1. The molecular weight excluding hydrogens is 222 g/mol. The van der Waals surface area contributed by atoms with Crippen molar-refractivity contribution in [2.24, 2.45) is 0 Å². The van der Waals surface area contributed by atoms with E-state index >= 15 is 0 Å². The van der Waals surface area contributed by atoms with Gasteiger partial charge in [-0.15, -0.1) is 0 Å². The van der Waals surface area contributed by atoms with Crippen LogP contribution in [0.1, 0.15) is 28.3 Å². The van der Waals surface area contributed by atoms with Gasteiger partial charge in [0, 0.05) is 5.56 Å². The van der Waals surface area contributed by atoms with Gasteiger partial charge in [-0.25, -0.2) is 0 Å². The van der Waals surface area contributed by atoms with Gasteiger partial charge in [-0.3, -0.25) is 19.7 Å². The van der Waals surface area contributed by atoms with Crippen LogP contribution in [-0.4, -0.2) is 24.9 Å². The van der Waals surface area contributed by atoms with Gasteiger partial charge in [0.15, 0.2) is 0 Å². The summed E-state index contributed by atoms with van der Waals surface area (Å²) in [6.45, 7) is 0. The van der Waals surface area contributed by atoms with Crippen molar-refractivity contribution in [2.45, 2.75) is 12.3 Å². The van der Waals surface area contributed by atoms with E-state index in [0.717, 1.165) is 0 Å². The fourth-order valence-electron chi connectivity index (χ4n) is 1.87. The molecule has 1 aliphatic heterocycles. The number of methoxy groups -OCH3 is 1. The summed E-state index contributed by atoms with van der Waals surface area (Å²) in [4.78, 5) is 34.5. The van der Waals surface area contributed by atoms with Crippen LogP contribution in [-0.2, 0) is 14.3 Å². The molecule has 1 aromatic rings. The average molecular weight is 233 g/mol. The number of carbonyl (C=O) groups excluding carboxylic acids is 3. The van der Waals surface area contributed by atoms with Crippen LogP contribution in [0.25, 0.3) is 0 Å². The molecule has 0 fully saturated rings. The third-order valence-corrected chi connectivity index (χ3v) is 2.73. The Morgan fingerprint density at radius 1 is 1.35 bits per heavy atom. The third kappa shape index (κ3) is 2.04. The lowest BCUT2D eigenvalue weighted by Gasteiger charge is -2.23. The first-order valence-electron chi connectivity index (χ1n) is 5.14. The molecule has 5 nitrogen and oxygen atoms in total. The summed E-state index contributed by atoms with van der Waals surface area (Å²) in [7, 11) is 1.26. The van der Waals surface area contributed by atoms with Crippen LogP contribution in [0.2, 0.25) is 0 Å². The molecule has 1 aliphatic rings. The van der Waals surface area contributed by atoms with Gasteiger partial charge in [-0.2, -0.15) is 0 Å². The first kappa shape index (κ1) is 11.3. The molecule has 1 heterocycles. The van der Waals surface area contributed by atoms with Gasteiger partial charge in [0.1, 0.15) is 0 Å². The first-order valence-corrected chi connectivity index (χ1v) is 5.14. The van der Waals surface area contributed by atoms with Crippen LogP contribution in [0, 0.1) is 0 Å². The Bertz CT molecular complexity index is 495. The van der Waals surface area contributed by atoms with Gasteiger partial charge in [0.25, 0.3) is 5.91 Å². The lowest BCUT2D eigenvalue weighted by atomic mass is 9.87. The monoisotopic (exact) mass is 233 g/mol. The molecule has 2 amide bonds. The van der Waals surface area contributed by atoms with Crippen LogP contribution in [0.5, 0.6) is 0 Å². The second kappa shape index (κ2) is 4.37. The van der Waals surface area contributed by atoms with E-state index in [4.69, 9.17) is 0 Å². The van der Waals surface area contributed by atoms with Gasteiger partial charge in [-0.05, 0) is 11.6 Å². The van der Waals surface area contributed by atoms with E-state index in [1.54, 1.807) is 24.3 Å². The molecular formula is C12H11NO4. The quantitative estimate of drug-likeness (QED) is 0.599. The molecule has 0 saturated carbocycles. The third-order valence-electron chi connectivity index (χ3n) is 2.73. The highest BCUT2D eigenvalue weighted by atomic mass is 16.5. The van der Waals surface area contributed by atoms with Gasteiger partial charge < -0.3 is 4.74 Å². The number of imide groups is 1. The predicted molar refractivity (Wildman–Crippen MR) is 58.3 cm³/mol. The molecule has 88 valence electrons. The molecule has 1 unspecified atom stereocenters. The van der Waals surface area contributed by atoms with Gasteiger partial charge in [0.05, 0.1) is 19.4 Å². The van der Waals surface area contributed by atoms with E-state index in [9.17, 15) is 14.4 Å². The number of fused-ring (bicyclic) bond motifs is 1. The Morgan fingerprint density at radius 3 is 2.76 bits per heavy atom. The number of rotatable bonds is 2. The fourth-order valence-corrected chi connectivity index (χ4v) is 1.87. The highest BCUT2D eigenvalue weighted by molar-refractivity contribution is 6.12. The van der Waals surface area contributed by atoms with Crippen LogP contribution in [0.3, 0.4) is 0 Å². The minimum absolute atomic E-state index is 0.0629. The number of esters is 1. The number of hydrogen-bond donors (Lipinski definition) is 1. The Morgan fingerprint density at radius 2 is 2.06 bits per heavy atom. The zero-order chi connectivity index (χ0) is 12.4. The minimum atomic E-state index is -0.656. The predicted octanol–water partition coefficient (Wildman–Crippen LogP) is 0.603. The topological polar surface area (TPSA) is 72.5 Å². The maximum Gasteiger partial charge on any atom is 0.306 e.